The van der Waals surface area contributed by atoms with Crippen LogP contribution in [0.5, 0.6) is 0 Å². The van der Waals surface area contributed by atoms with Gasteiger partial charge < -0.3 is 14.5 Å². The Morgan fingerprint density at radius 2 is 1.57 bits per heavy atom. The Morgan fingerprint density at radius 1 is 0.914 bits per heavy atom. The highest BCUT2D eigenvalue weighted by atomic mass is 32.1. The summed E-state index contributed by atoms with van der Waals surface area (Å²) in [6.07, 6.45) is 0.566. The first kappa shape index (κ1) is 26.5. The van der Waals surface area contributed by atoms with E-state index in [2.05, 4.69) is 0 Å². The monoisotopic (exact) mass is 500 g/mol. The van der Waals surface area contributed by atoms with Crippen molar-refractivity contribution in [1.82, 2.24) is 9.80 Å². The number of hydrogen-bond donors (Lipinski definition) is 0. The van der Waals surface area contributed by atoms with Crippen LogP contribution in [0.3, 0.4) is 0 Å². The Morgan fingerprint density at radius 3 is 2.17 bits per heavy atom. The van der Waals surface area contributed by atoms with E-state index < -0.39 is 5.82 Å². The van der Waals surface area contributed by atoms with E-state index in [1.54, 1.807) is 28.4 Å². The van der Waals surface area contributed by atoms with E-state index in [4.69, 9.17) is 4.74 Å². The summed E-state index contributed by atoms with van der Waals surface area (Å²) in [5.74, 6) is -1.35. The average molecular weight is 501 g/mol. The van der Waals surface area contributed by atoms with Crippen LogP contribution in [0.25, 0.3) is 0 Å². The SMILES string of the molecule is CCOCCCN(CC(=O)N(Cc1ccc(F)cc1)Cc1sccc1C)C(=O)c1ccc(F)cc1. The van der Waals surface area contributed by atoms with E-state index in [-0.39, 0.29) is 30.7 Å². The van der Waals surface area contributed by atoms with Crippen LogP contribution in [0, 0.1) is 18.6 Å². The van der Waals surface area contributed by atoms with E-state index in [0.717, 1.165) is 16.0 Å². The fraction of sp³-hybridized carbons (Fsp3) is 0.333. The second kappa shape index (κ2) is 13.1. The molecule has 0 N–H and O–H groups in total. The molecule has 0 fully saturated rings. The molecule has 0 atom stereocenters. The van der Waals surface area contributed by atoms with Crippen molar-refractivity contribution in [1.29, 1.82) is 0 Å². The molecule has 0 radical (unpaired) electrons. The molecule has 2 amide bonds. The van der Waals surface area contributed by atoms with Crippen LogP contribution < -0.4 is 0 Å². The summed E-state index contributed by atoms with van der Waals surface area (Å²) in [4.78, 5) is 30.9. The number of benzene rings is 2. The van der Waals surface area contributed by atoms with Gasteiger partial charge in [-0.3, -0.25) is 9.59 Å². The number of rotatable bonds is 12. The van der Waals surface area contributed by atoms with Crippen molar-refractivity contribution >= 4 is 23.2 Å². The van der Waals surface area contributed by atoms with Crippen LogP contribution in [0.15, 0.2) is 60.0 Å². The molecule has 1 heterocycles. The Balaban J connectivity index is 1.80. The molecule has 1 aromatic heterocycles. The minimum atomic E-state index is -0.433. The summed E-state index contributed by atoms with van der Waals surface area (Å²) in [6, 6.07) is 13.3. The van der Waals surface area contributed by atoms with Gasteiger partial charge in [0.25, 0.3) is 5.91 Å². The maximum atomic E-state index is 13.5. The predicted octanol–water partition coefficient (Wildman–Crippen LogP) is 5.43. The molecule has 5 nitrogen and oxygen atoms in total. The lowest BCUT2D eigenvalue weighted by Crippen LogP contribution is -2.43. The third-order valence-corrected chi connectivity index (χ3v) is 6.58. The molecule has 35 heavy (non-hydrogen) atoms. The van der Waals surface area contributed by atoms with Gasteiger partial charge in [0.1, 0.15) is 18.2 Å². The van der Waals surface area contributed by atoms with Gasteiger partial charge >= 0.3 is 0 Å². The van der Waals surface area contributed by atoms with Gasteiger partial charge in [-0.1, -0.05) is 12.1 Å². The van der Waals surface area contributed by atoms with Crippen LogP contribution in [0.1, 0.15) is 39.7 Å². The van der Waals surface area contributed by atoms with Crippen LogP contribution in [-0.4, -0.2) is 47.9 Å². The van der Waals surface area contributed by atoms with Gasteiger partial charge in [0, 0.05) is 36.7 Å². The molecule has 3 aromatic rings. The standard InChI is InChI=1S/C27H30F2N2O3S/c1-3-34-15-4-14-30(27(33)22-7-11-24(29)12-8-22)19-26(32)31(18-25-20(2)13-16-35-25)17-21-5-9-23(28)10-6-21/h5-13,16H,3-4,14-15,17-19H2,1-2H3. The third-order valence-electron chi connectivity index (χ3n) is 5.57. The second-order valence-corrected chi connectivity index (χ2v) is 9.19. The first-order valence-corrected chi connectivity index (χ1v) is 12.4. The molecule has 0 aliphatic carbocycles. The van der Waals surface area contributed by atoms with Gasteiger partial charge in [-0.25, -0.2) is 8.78 Å². The van der Waals surface area contributed by atoms with Crippen LogP contribution in [0.2, 0.25) is 0 Å². The van der Waals surface area contributed by atoms with Crippen molar-refractivity contribution < 1.29 is 23.1 Å². The number of thiophene rings is 1. The van der Waals surface area contributed by atoms with Gasteiger partial charge in [0.2, 0.25) is 5.91 Å². The zero-order valence-corrected chi connectivity index (χ0v) is 20.8. The summed E-state index contributed by atoms with van der Waals surface area (Å²) in [6.45, 7) is 5.78. The summed E-state index contributed by atoms with van der Waals surface area (Å²) in [5, 5.41) is 1.98. The molecule has 0 saturated heterocycles. The van der Waals surface area contributed by atoms with E-state index in [9.17, 15) is 18.4 Å². The molecule has 0 bridgehead atoms. The number of carbonyl (C=O) groups excluding carboxylic acids is 2. The molecule has 2 aromatic carbocycles. The lowest BCUT2D eigenvalue weighted by molar-refractivity contribution is -0.133. The zero-order valence-electron chi connectivity index (χ0n) is 20.0. The van der Waals surface area contributed by atoms with Crippen molar-refractivity contribution in [3.8, 4) is 0 Å². The number of aryl methyl sites for hydroxylation is 1. The number of halogens is 2. The molecular formula is C27H30F2N2O3S. The van der Waals surface area contributed by atoms with Crippen LogP contribution in [0.4, 0.5) is 8.78 Å². The number of ether oxygens (including phenoxy) is 1. The van der Waals surface area contributed by atoms with Gasteiger partial charge in [-0.2, -0.15) is 0 Å². The molecule has 3 rings (SSSR count). The number of hydrogen-bond acceptors (Lipinski definition) is 4. The molecule has 0 spiro atoms. The first-order chi connectivity index (χ1) is 16.9. The molecule has 0 aliphatic heterocycles. The Kier molecular flexibility index (Phi) is 9.93. The molecule has 0 unspecified atom stereocenters. The zero-order chi connectivity index (χ0) is 25.2. The minimum Gasteiger partial charge on any atom is -0.382 e. The highest BCUT2D eigenvalue weighted by molar-refractivity contribution is 7.10. The topological polar surface area (TPSA) is 49.9 Å². The van der Waals surface area contributed by atoms with E-state index in [1.165, 1.54) is 41.3 Å². The van der Waals surface area contributed by atoms with E-state index in [0.29, 0.717) is 38.3 Å². The lowest BCUT2D eigenvalue weighted by Gasteiger charge is -2.28. The first-order valence-electron chi connectivity index (χ1n) is 11.5. The maximum absolute atomic E-state index is 13.5. The van der Waals surface area contributed by atoms with Gasteiger partial charge in [0.15, 0.2) is 0 Å². The van der Waals surface area contributed by atoms with Crippen molar-refractivity contribution in [2.45, 2.75) is 33.4 Å². The molecule has 0 aliphatic rings. The fourth-order valence-electron chi connectivity index (χ4n) is 3.57. The quantitative estimate of drug-likeness (QED) is 0.312. The summed E-state index contributed by atoms with van der Waals surface area (Å²) in [7, 11) is 0. The molecule has 0 saturated carbocycles. The Hall–Kier alpha value is -3.10. The van der Waals surface area contributed by atoms with Crippen LogP contribution >= 0.6 is 11.3 Å². The van der Waals surface area contributed by atoms with Crippen molar-refractivity contribution in [3.05, 3.63) is 93.2 Å². The normalized spacial score (nSPS) is 10.9. The number of amides is 2. The maximum Gasteiger partial charge on any atom is 0.254 e. The van der Waals surface area contributed by atoms with Gasteiger partial charge in [-0.05, 0) is 79.2 Å². The minimum absolute atomic E-state index is 0.131. The van der Waals surface area contributed by atoms with Gasteiger partial charge in [0.05, 0.1) is 6.54 Å². The van der Waals surface area contributed by atoms with Crippen molar-refractivity contribution in [2.75, 3.05) is 26.3 Å². The van der Waals surface area contributed by atoms with Crippen molar-refractivity contribution in [3.63, 3.8) is 0 Å². The summed E-state index contributed by atoms with van der Waals surface area (Å²) < 4.78 is 32.2. The van der Waals surface area contributed by atoms with Crippen molar-refractivity contribution in [2.24, 2.45) is 0 Å². The second-order valence-electron chi connectivity index (χ2n) is 8.19. The smallest absolute Gasteiger partial charge is 0.254 e. The van der Waals surface area contributed by atoms with E-state index in [1.807, 2.05) is 25.3 Å². The highest BCUT2D eigenvalue weighted by Crippen LogP contribution is 2.20. The average Bonchev–Trinajstić information content (AvgIpc) is 3.26. The number of nitrogens with zero attached hydrogens (tertiary/aromatic N) is 2. The Labute approximate surface area is 208 Å². The Bertz CT molecular complexity index is 1100. The van der Waals surface area contributed by atoms with Gasteiger partial charge in [-0.15, -0.1) is 11.3 Å². The fourth-order valence-corrected chi connectivity index (χ4v) is 4.50. The summed E-state index contributed by atoms with van der Waals surface area (Å²) >= 11 is 1.56. The third kappa shape index (κ3) is 7.97. The molecular weight excluding hydrogens is 470 g/mol. The largest absolute Gasteiger partial charge is 0.382 e. The highest BCUT2D eigenvalue weighted by Gasteiger charge is 2.23. The predicted molar refractivity (Wildman–Crippen MR) is 133 cm³/mol. The summed E-state index contributed by atoms with van der Waals surface area (Å²) in [5.41, 5.74) is 2.19. The molecule has 8 heteroatoms. The number of carbonyl (C=O) groups is 2. The molecule has 186 valence electrons. The van der Waals surface area contributed by atoms with E-state index >= 15 is 0 Å². The van der Waals surface area contributed by atoms with Crippen LogP contribution in [-0.2, 0) is 22.6 Å². The lowest BCUT2D eigenvalue weighted by atomic mass is 10.1.